The maximum Gasteiger partial charge on any atom is 0.144 e. The molecule has 2 atom stereocenters. The van der Waals surface area contributed by atoms with Gasteiger partial charge in [0.1, 0.15) is 5.75 Å². The van der Waals surface area contributed by atoms with Gasteiger partial charge in [-0.05, 0) is 43.7 Å². The molecule has 0 saturated heterocycles. The van der Waals surface area contributed by atoms with E-state index in [-0.39, 0.29) is 0 Å². The van der Waals surface area contributed by atoms with Crippen molar-refractivity contribution >= 4 is 11.4 Å². The fourth-order valence-corrected chi connectivity index (χ4v) is 3.17. The summed E-state index contributed by atoms with van der Waals surface area (Å²) in [6.07, 6.45) is 6.88. The molecular weight excluding hydrogens is 248 g/mol. The molecule has 2 unspecified atom stereocenters. The predicted molar refractivity (Wildman–Crippen MR) is 86.3 cm³/mol. The van der Waals surface area contributed by atoms with E-state index in [1.165, 1.54) is 32.1 Å². The summed E-state index contributed by atoms with van der Waals surface area (Å²) >= 11 is 0. The standard InChI is InChI=1S/C17H28N2O/c1-3-20-17-12-15(7-8-16(17)18)19-10-9-14-6-4-5-13(2)11-14/h7-8,12-14,19H,3-6,9-11,18H2,1-2H3. The molecule has 3 nitrogen and oxygen atoms in total. The number of nitrogens with one attached hydrogen (secondary N) is 1. The second-order valence-electron chi connectivity index (χ2n) is 6.04. The molecule has 1 saturated carbocycles. The van der Waals surface area contributed by atoms with Gasteiger partial charge in [0.15, 0.2) is 0 Å². The highest BCUT2D eigenvalue weighted by molar-refractivity contribution is 5.61. The third kappa shape index (κ3) is 4.32. The first-order chi connectivity index (χ1) is 9.69. The van der Waals surface area contributed by atoms with Crippen molar-refractivity contribution in [1.82, 2.24) is 0 Å². The van der Waals surface area contributed by atoms with Crippen molar-refractivity contribution in [3.8, 4) is 5.75 Å². The van der Waals surface area contributed by atoms with E-state index in [2.05, 4.69) is 12.2 Å². The lowest BCUT2D eigenvalue weighted by atomic mass is 9.81. The van der Waals surface area contributed by atoms with Crippen LogP contribution in [0.25, 0.3) is 0 Å². The molecular formula is C17H28N2O. The van der Waals surface area contributed by atoms with Crippen LogP contribution in [0.15, 0.2) is 18.2 Å². The lowest BCUT2D eigenvalue weighted by molar-refractivity contribution is 0.274. The summed E-state index contributed by atoms with van der Waals surface area (Å²) in [5, 5.41) is 3.50. The van der Waals surface area contributed by atoms with Crippen molar-refractivity contribution in [2.75, 3.05) is 24.2 Å². The minimum atomic E-state index is 0.646. The summed E-state index contributed by atoms with van der Waals surface area (Å²) in [7, 11) is 0. The van der Waals surface area contributed by atoms with Gasteiger partial charge < -0.3 is 15.8 Å². The highest BCUT2D eigenvalue weighted by atomic mass is 16.5. The van der Waals surface area contributed by atoms with Crippen LogP contribution in [0.1, 0.15) is 46.0 Å². The maximum atomic E-state index is 5.88. The summed E-state index contributed by atoms with van der Waals surface area (Å²) < 4.78 is 5.52. The van der Waals surface area contributed by atoms with Crippen LogP contribution >= 0.6 is 0 Å². The van der Waals surface area contributed by atoms with Gasteiger partial charge >= 0.3 is 0 Å². The highest BCUT2D eigenvalue weighted by Gasteiger charge is 2.18. The Morgan fingerprint density at radius 3 is 2.95 bits per heavy atom. The molecule has 2 rings (SSSR count). The predicted octanol–water partition coefficient (Wildman–Crippen LogP) is 4.30. The number of nitrogen functional groups attached to an aromatic ring is 1. The van der Waals surface area contributed by atoms with Gasteiger partial charge in [-0.3, -0.25) is 0 Å². The van der Waals surface area contributed by atoms with Gasteiger partial charge in [-0.25, -0.2) is 0 Å². The first-order valence-electron chi connectivity index (χ1n) is 7.95. The summed E-state index contributed by atoms with van der Waals surface area (Å²) in [6, 6.07) is 5.94. The van der Waals surface area contributed by atoms with E-state index in [1.54, 1.807) is 0 Å². The lowest BCUT2D eigenvalue weighted by Gasteiger charge is -2.26. The SMILES string of the molecule is CCOc1cc(NCCC2CCCC(C)C2)ccc1N. The zero-order chi connectivity index (χ0) is 14.4. The molecule has 3 heteroatoms. The van der Waals surface area contributed by atoms with Crippen molar-refractivity contribution in [1.29, 1.82) is 0 Å². The smallest absolute Gasteiger partial charge is 0.144 e. The second kappa shape index (κ2) is 7.41. The Balaban J connectivity index is 1.80. The largest absolute Gasteiger partial charge is 0.492 e. The monoisotopic (exact) mass is 276 g/mol. The van der Waals surface area contributed by atoms with Gasteiger partial charge in [-0.15, -0.1) is 0 Å². The van der Waals surface area contributed by atoms with Crippen LogP contribution in [0.4, 0.5) is 11.4 Å². The van der Waals surface area contributed by atoms with Crippen LogP contribution in [-0.2, 0) is 0 Å². The van der Waals surface area contributed by atoms with Gasteiger partial charge in [0.05, 0.1) is 12.3 Å². The number of benzene rings is 1. The van der Waals surface area contributed by atoms with E-state index in [9.17, 15) is 0 Å². The van der Waals surface area contributed by atoms with Gasteiger partial charge in [0.25, 0.3) is 0 Å². The Kier molecular flexibility index (Phi) is 5.57. The minimum Gasteiger partial charge on any atom is -0.492 e. The molecule has 0 aromatic heterocycles. The Morgan fingerprint density at radius 2 is 2.20 bits per heavy atom. The van der Waals surface area contributed by atoms with Crippen LogP contribution in [0.3, 0.4) is 0 Å². The second-order valence-corrected chi connectivity index (χ2v) is 6.04. The Hall–Kier alpha value is -1.38. The Labute approximate surface area is 122 Å². The molecule has 0 spiro atoms. The molecule has 20 heavy (non-hydrogen) atoms. The van der Waals surface area contributed by atoms with Crippen LogP contribution in [0, 0.1) is 11.8 Å². The fourth-order valence-electron chi connectivity index (χ4n) is 3.17. The number of hydrogen-bond donors (Lipinski definition) is 2. The number of ether oxygens (including phenoxy) is 1. The molecule has 112 valence electrons. The normalized spacial score (nSPS) is 22.5. The molecule has 1 aromatic carbocycles. The molecule has 3 N–H and O–H groups in total. The topological polar surface area (TPSA) is 47.3 Å². The average molecular weight is 276 g/mol. The summed E-state index contributed by atoms with van der Waals surface area (Å²) in [5.74, 6) is 2.59. The summed E-state index contributed by atoms with van der Waals surface area (Å²) in [6.45, 7) is 6.04. The molecule has 1 aromatic rings. The van der Waals surface area contributed by atoms with Crippen LogP contribution in [0.5, 0.6) is 5.75 Å². The molecule has 0 heterocycles. The third-order valence-corrected chi connectivity index (χ3v) is 4.24. The molecule has 1 aliphatic rings. The van der Waals surface area contributed by atoms with E-state index in [0.29, 0.717) is 12.3 Å². The van der Waals surface area contributed by atoms with Crippen LogP contribution < -0.4 is 15.8 Å². The van der Waals surface area contributed by atoms with Crippen LogP contribution in [-0.4, -0.2) is 13.2 Å². The zero-order valence-corrected chi connectivity index (χ0v) is 12.8. The zero-order valence-electron chi connectivity index (χ0n) is 12.8. The number of anilines is 2. The van der Waals surface area contributed by atoms with E-state index < -0.39 is 0 Å². The molecule has 0 bridgehead atoms. The number of hydrogen-bond acceptors (Lipinski definition) is 3. The van der Waals surface area contributed by atoms with Gasteiger partial charge in [0.2, 0.25) is 0 Å². The lowest BCUT2D eigenvalue weighted by Crippen LogP contribution is -2.16. The van der Waals surface area contributed by atoms with E-state index in [0.717, 1.165) is 29.8 Å². The average Bonchev–Trinajstić information content (AvgIpc) is 2.43. The van der Waals surface area contributed by atoms with E-state index in [1.807, 2.05) is 25.1 Å². The van der Waals surface area contributed by atoms with Crippen molar-refractivity contribution in [2.45, 2.75) is 46.0 Å². The van der Waals surface area contributed by atoms with E-state index in [4.69, 9.17) is 10.5 Å². The quantitative estimate of drug-likeness (QED) is 0.762. The minimum absolute atomic E-state index is 0.646. The van der Waals surface area contributed by atoms with Gasteiger partial charge in [-0.1, -0.05) is 26.2 Å². The highest BCUT2D eigenvalue weighted by Crippen LogP contribution is 2.31. The Bertz CT molecular complexity index is 419. The Morgan fingerprint density at radius 1 is 1.35 bits per heavy atom. The first-order valence-corrected chi connectivity index (χ1v) is 7.95. The van der Waals surface area contributed by atoms with Crippen molar-refractivity contribution in [2.24, 2.45) is 11.8 Å². The summed E-state index contributed by atoms with van der Waals surface area (Å²) in [5.41, 5.74) is 7.69. The van der Waals surface area contributed by atoms with Crippen molar-refractivity contribution in [3.05, 3.63) is 18.2 Å². The van der Waals surface area contributed by atoms with Gasteiger partial charge in [0, 0.05) is 18.3 Å². The third-order valence-electron chi connectivity index (χ3n) is 4.24. The van der Waals surface area contributed by atoms with Crippen LogP contribution in [0.2, 0.25) is 0 Å². The molecule has 0 radical (unpaired) electrons. The summed E-state index contributed by atoms with van der Waals surface area (Å²) in [4.78, 5) is 0. The van der Waals surface area contributed by atoms with Crippen molar-refractivity contribution in [3.63, 3.8) is 0 Å². The fraction of sp³-hybridized carbons (Fsp3) is 0.647. The molecule has 1 fully saturated rings. The maximum absolute atomic E-state index is 5.88. The number of rotatable bonds is 6. The molecule has 0 aliphatic heterocycles. The molecule has 1 aliphatic carbocycles. The van der Waals surface area contributed by atoms with Crippen molar-refractivity contribution < 1.29 is 4.74 Å². The number of nitrogens with two attached hydrogens (primary N) is 1. The van der Waals surface area contributed by atoms with Gasteiger partial charge in [-0.2, -0.15) is 0 Å². The van der Waals surface area contributed by atoms with E-state index >= 15 is 0 Å². The molecule has 0 amide bonds. The first kappa shape index (κ1) is 15.0.